The summed E-state index contributed by atoms with van der Waals surface area (Å²) in [4.78, 5) is 0. The van der Waals surface area contributed by atoms with Gasteiger partial charge in [0, 0.05) is 6.54 Å². The van der Waals surface area contributed by atoms with Gasteiger partial charge < -0.3 is 5.32 Å². The Labute approximate surface area is 55.9 Å². The lowest BCUT2D eigenvalue weighted by Crippen LogP contribution is -2.13. The molecule has 3 heteroatoms. The summed E-state index contributed by atoms with van der Waals surface area (Å²) in [6.07, 6.45) is 0. The van der Waals surface area contributed by atoms with Crippen molar-refractivity contribution in [2.24, 2.45) is 0 Å². The molecule has 0 rings (SSSR count). The van der Waals surface area contributed by atoms with Crippen molar-refractivity contribution in [3.8, 4) is 0 Å². The van der Waals surface area contributed by atoms with Gasteiger partial charge in [-0.25, -0.2) is 0 Å². The van der Waals surface area contributed by atoms with Crippen LogP contribution in [0.15, 0.2) is 0 Å². The molecule has 0 bridgehead atoms. The Morgan fingerprint density at radius 3 is 2.43 bits per heavy atom. The Morgan fingerprint density at radius 1 is 1.71 bits per heavy atom. The molecule has 0 heterocycles. The van der Waals surface area contributed by atoms with Gasteiger partial charge in [-0.05, 0) is 11.9 Å². The lowest BCUT2D eigenvalue weighted by atomic mass is 10.7. The number of nitrogens with one attached hydrogen (secondary N) is 1. The highest BCUT2D eigenvalue weighted by Gasteiger charge is 1.67. The highest BCUT2D eigenvalue weighted by Crippen LogP contribution is 1.50. The zero-order valence-corrected chi connectivity index (χ0v) is 5.94. The van der Waals surface area contributed by atoms with Gasteiger partial charge in [0.15, 0.2) is 0 Å². The van der Waals surface area contributed by atoms with E-state index >= 15 is 0 Å². The highest BCUT2D eigenvalue weighted by molar-refractivity contribution is 7.79. The van der Waals surface area contributed by atoms with Crippen LogP contribution in [-0.2, 0) is 0 Å². The predicted octanol–water partition coefficient (Wildman–Crippen LogP) is 1.02. The van der Waals surface area contributed by atoms with Crippen molar-refractivity contribution in [1.29, 1.82) is 0 Å². The quantitative estimate of drug-likeness (QED) is 0.463. The minimum absolute atomic E-state index is 0. The molecular formula is C4H10ClNS. The van der Waals surface area contributed by atoms with Crippen molar-refractivity contribution >= 4 is 30.0 Å². The van der Waals surface area contributed by atoms with Crippen LogP contribution in [0.1, 0.15) is 6.92 Å². The Balaban J connectivity index is 0. The molecule has 7 heavy (non-hydrogen) atoms. The van der Waals surface area contributed by atoms with Crippen LogP contribution in [0.5, 0.6) is 0 Å². The van der Waals surface area contributed by atoms with Gasteiger partial charge in [0.1, 0.15) is 0 Å². The smallest absolute Gasteiger partial charge is 0.0238 e. The maximum absolute atomic E-state index is 4.53. The van der Waals surface area contributed by atoms with Gasteiger partial charge in [0.05, 0.1) is 0 Å². The van der Waals surface area contributed by atoms with E-state index in [9.17, 15) is 0 Å². The van der Waals surface area contributed by atoms with Crippen molar-refractivity contribution in [2.75, 3.05) is 13.1 Å². The molecule has 0 unspecified atom stereocenters. The van der Waals surface area contributed by atoms with Crippen LogP contribution in [-0.4, -0.2) is 18.5 Å². The molecule has 1 nitrogen and oxygen atoms in total. The van der Waals surface area contributed by atoms with E-state index in [4.69, 9.17) is 0 Å². The molecule has 0 fully saturated rings. The zero-order chi connectivity index (χ0) is 4.83. The summed E-state index contributed by atoms with van der Waals surface area (Å²) >= 11 is 4.53. The van der Waals surface area contributed by atoms with E-state index in [0.29, 0.717) is 0 Å². The Morgan fingerprint density at radius 2 is 2.29 bits per heavy atom. The maximum Gasteiger partial charge on any atom is 0.0238 e. The number of halogens is 1. The summed E-state index contributed by atoms with van der Waals surface area (Å²) in [6, 6.07) is 0. The van der Waals surface area contributed by atoms with Crippen molar-refractivity contribution in [2.45, 2.75) is 6.92 Å². The second-order valence-electron chi connectivity index (χ2n) is 0.974. The number of rotatable bonds is 3. The van der Waals surface area contributed by atoms with E-state index in [2.05, 4.69) is 24.5 Å². The second-order valence-corrected chi connectivity index (χ2v) is 1.31. The molecule has 0 atom stereocenters. The first-order valence-corrected chi connectivity index (χ1v) is 2.53. The molecule has 0 aromatic rings. The predicted molar refractivity (Wildman–Crippen MR) is 39.4 cm³/mol. The summed E-state index contributed by atoms with van der Waals surface area (Å²) in [5.74, 6) is 0. The third-order valence-electron chi connectivity index (χ3n) is 0.478. The molecule has 0 aliphatic carbocycles. The summed E-state index contributed by atoms with van der Waals surface area (Å²) in [5, 5.41) is 4.72. The fourth-order valence-electron chi connectivity index (χ4n) is 0.203. The van der Waals surface area contributed by atoms with Crippen LogP contribution in [0.25, 0.3) is 0 Å². The van der Waals surface area contributed by atoms with Gasteiger partial charge in [0.2, 0.25) is 0 Å². The third-order valence-corrected chi connectivity index (χ3v) is 0.644. The van der Waals surface area contributed by atoms with Gasteiger partial charge >= 0.3 is 0 Å². The fourth-order valence-corrected chi connectivity index (χ4v) is 0.321. The van der Waals surface area contributed by atoms with Gasteiger partial charge in [-0.15, -0.1) is 12.4 Å². The number of hydrogen-bond donors (Lipinski definition) is 1. The lowest BCUT2D eigenvalue weighted by molar-refractivity contribution is 0.827. The summed E-state index contributed by atoms with van der Waals surface area (Å²) in [6.45, 7) is 3.91. The zero-order valence-electron chi connectivity index (χ0n) is 4.31. The van der Waals surface area contributed by atoms with E-state index in [1.165, 1.54) is 0 Å². The van der Waals surface area contributed by atoms with Gasteiger partial charge in [-0.3, -0.25) is 0 Å². The van der Waals surface area contributed by atoms with Gasteiger partial charge in [-0.1, -0.05) is 19.1 Å². The molecule has 0 spiro atoms. The third kappa shape index (κ3) is 10.7. The van der Waals surface area contributed by atoms with E-state index < -0.39 is 0 Å². The summed E-state index contributed by atoms with van der Waals surface area (Å²) < 4.78 is 0. The number of thiocarbonyl (C=S) groups is 1. The van der Waals surface area contributed by atoms with Crippen LogP contribution < -0.4 is 5.32 Å². The second kappa shape index (κ2) is 9.60. The molecule has 0 amide bonds. The number of hydrogen-bond acceptors (Lipinski definition) is 2. The molecule has 44 valence electrons. The van der Waals surface area contributed by atoms with Crippen LogP contribution in [0.3, 0.4) is 0 Å². The lowest BCUT2D eigenvalue weighted by Gasteiger charge is -1.87. The normalized spacial score (nSPS) is 7.00. The maximum atomic E-state index is 4.53. The standard InChI is InChI=1S/C4H9NS.ClH/c1-2-5-3-4-6;/h4-5H,2-3H2,1H3;1H. The van der Waals surface area contributed by atoms with Crippen LogP contribution >= 0.6 is 24.6 Å². The molecule has 0 saturated carbocycles. The van der Waals surface area contributed by atoms with E-state index in [1.54, 1.807) is 5.37 Å². The monoisotopic (exact) mass is 139 g/mol. The van der Waals surface area contributed by atoms with Crippen molar-refractivity contribution in [1.82, 2.24) is 5.32 Å². The summed E-state index contributed by atoms with van der Waals surface area (Å²) in [5.41, 5.74) is 0. The minimum Gasteiger partial charge on any atom is -0.313 e. The van der Waals surface area contributed by atoms with Crippen molar-refractivity contribution in [3.63, 3.8) is 0 Å². The Kier molecular flexibility index (Phi) is 14.2. The SMILES string of the molecule is CCNCC=S.Cl. The van der Waals surface area contributed by atoms with E-state index in [0.717, 1.165) is 13.1 Å². The molecule has 0 aliphatic rings. The molecule has 0 aromatic carbocycles. The first-order chi connectivity index (χ1) is 2.91. The first kappa shape index (κ1) is 10.3. The van der Waals surface area contributed by atoms with E-state index in [1.807, 2.05) is 0 Å². The van der Waals surface area contributed by atoms with Crippen LogP contribution in [0.2, 0.25) is 0 Å². The molecule has 0 aromatic heterocycles. The van der Waals surface area contributed by atoms with Crippen LogP contribution in [0.4, 0.5) is 0 Å². The first-order valence-electron chi connectivity index (χ1n) is 2.06. The topological polar surface area (TPSA) is 12.0 Å². The average molecular weight is 140 g/mol. The van der Waals surface area contributed by atoms with Gasteiger partial charge in [-0.2, -0.15) is 0 Å². The van der Waals surface area contributed by atoms with Crippen LogP contribution in [0, 0.1) is 0 Å². The molecular weight excluding hydrogens is 130 g/mol. The highest BCUT2D eigenvalue weighted by atomic mass is 35.5. The molecule has 0 aliphatic heterocycles. The molecule has 0 radical (unpaired) electrons. The Hall–Kier alpha value is 0.340. The molecule has 0 saturated heterocycles. The average Bonchev–Trinajstić information content (AvgIpc) is 1.61. The van der Waals surface area contributed by atoms with Crippen molar-refractivity contribution < 1.29 is 0 Å². The summed E-state index contributed by atoms with van der Waals surface area (Å²) in [7, 11) is 0. The minimum atomic E-state index is 0. The Bertz CT molecular complexity index is 40.7. The molecule has 1 N–H and O–H groups in total. The van der Waals surface area contributed by atoms with E-state index in [-0.39, 0.29) is 12.4 Å². The largest absolute Gasteiger partial charge is 0.313 e. The van der Waals surface area contributed by atoms with Crippen molar-refractivity contribution in [3.05, 3.63) is 0 Å². The van der Waals surface area contributed by atoms with Gasteiger partial charge in [0.25, 0.3) is 0 Å². The fraction of sp³-hybridized carbons (Fsp3) is 0.750.